The Balaban J connectivity index is 1.63. The van der Waals surface area contributed by atoms with Crippen molar-refractivity contribution in [2.24, 2.45) is 0 Å². The van der Waals surface area contributed by atoms with Crippen LogP contribution in [0.1, 0.15) is 24.5 Å². The molecule has 0 aliphatic carbocycles. The van der Waals surface area contributed by atoms with Crippen LogP contribution in [0.15, 0.2) is 54.6 Å². The van der Waals surface area contributed by atoms with E-state index in [2.05, 4.69) is 0 Å². The smallest absolute Gasteiger partial charge is 0.306 e. The van der Waals surface area contributed by atoms with Crippen LogP contribution in [-0.4, -0.2) is 25.8 Å². The maximum Gasteiger partial charge on any atom is 0.306 e. The van der Waals surface area contributed by atoms with Gasteiger partial charge in [0.05, 0.1) is 31.7 Å². The number of carbonyl (C=O) groups is 1. The zero-order valence-electron chi connectivity index (χ0n) is 13.9. The van der Waals surface area contributed by atoms with Gasteiger partial charge in [0.1, 0.15) is 12.4 Å². The molecule has 4 heteroatoms. The molecule has 24 heavy (non-hydrogen) atoms. The Morgan fingerprint density at radius 1 is 1.08 bits per heavy atom. The summed E-state index contributed by atoms with van der Waals surface area (Å²) in [5.74, 6) is 0.638. The van der Waals surface area contributed by atoms with Gasteiger partial charge in [-0.25, -0.2) is 0 Å². The maximum absolute atomic E-state index is 11.8. The van der Waals surface area contributed by atoms with Crippen LogP contribution in [0.4, 0.5) is 0 Å². The van der Waals surface area contributed by atoms with Crippen molar-refractivity contribution in [2.75, 3.05) is 19.8 Å². The minimum Gasteiger partial charge on any atom is -0.489 e. The second-order valence-corrected chi connectivity index (χ2v) is 6.05. The summed E-state index contributed by atoms with van der Waals surface area (Å²) in [7, 11) is 0. The molecule has 1 heterocycles. The van der Waals surface area contributed by atoms with Crippen LogP contribution >= 0.6 is 0 Å². The predicted octanol–water partition coefficient (Wildman–Crippen LogP) is 3.49. The number of benzene rings is 2. The quantitative estimate of drug-likeness (QED) is 0.731. The van der Waals surface area contributed by atoms with E-state index in [0.717, 1.165) is 16.9 Å². The van der Waals surface area contributed by atoms with Crippen LogP contribution < -0.4 is 4.74 Å². The van der Waals surface area contributed by atoms with Gasteiger partial charge in [0.15, 0.2) is 0 Å². The highest BCUT2D eigenvalue weighted by Gasteiger charge is 2.42. The van der Waals surface area contributed by atoms with E-state index in [0.29, 0.717) is 32.8 Å². The Kier molecular flexibility index (Phi) is 5.16. The van der Waals surface area contributed by atoms with Gasteiger partial charge in [-0.3, -0.25) is 4.79 Å². The highest BCUT2D eigenvalue weighted by molar-refractivity contribution is 5.72. The predicted molar refractivity (Wildman–Crippen MR) is 91.0 cm³/mol. The Hall–Kier alpha value is -2.33. The van der Waals surface area contributed by atoms with Crippen molar-refractivity contribution in [3.8, 4) is 5.75 Å². The summed E-state index contributed by atoms with van der Waals surface area (Å²) in [6, 6.07) is 18.0. The van der Waals surface area contributed by atoms with Crippen LogP contribution in [0.25, 0.3) is 0 Å². The molecule has 0 bridgehead atoms. The van der Waals surface area contributed by atoms with E-state index in [1.165, 1.54) is 0 Å². The highest BCUT2D eigenvalue weighted by Crippen LogP contribution is 2.37. The first-order chi connectivity index (χ1) is 11.7. The molecule has 3 rings (SSSR count). The minimum absolute atomic E-state index is 0.176. The number of rotatable bonds is 7. The average Bonchev–Trinajstić information content (AvgIpc) is 2.58. The van der Waals surface area contributed by atoms with Gasteiger partial charge in [-0.1, -0.05) is 42.5 Å². The SMILES string of the molecule is CCOC(=O)CC1(c2ccc(OCc3ccccc3)cc2)COC1. The standard InChI is InChI=1S/C20H22O4/c1-2-23-19(21)12-20(14-22-15-20)17-8-10-18(11-9-17)24-13-16-6-4-3-5-7-16/h3-11H,2,12-15H2,1H3. The number of carbonyl (C=O) groups excluding carboxylic acids is 1. The van der Waals surface area contributed by atoms with Crippen LogP contribution in [0.2, 0.25) is 0 Å². The number of esters is 1. The molecule has 1 saturated heterocycles. The van der Waals surface area contributed by atoms with Crippen molar-refractivity contribution in [3.63, 3.8) is 0 Å². The van der Waals surface area contributed by atoms with Crippen LogP contribution in [0, 0.1) is 0 Å². The fraction of sp³-hybridized carbons (Fsp3) is 0.350. The molecule has 1 fully saturated rings. The summed E-state index contributed by atoms with van der Waals surface area (Å²) in [6.07, 6.45) is 0.352. The second-order valence-electron chi connectivity index (χ2n) is 6.05. The van der Waals surface area contributed by atoms with Gasteiger partial charge in [-0.05, 0) is 30.2 Å². The summed E-state index contributed by atoms with van der Waals surface area (Å²) in [4.78, 5) is 11.8. The molecule has 2 aromatic carbocycles. The lowest BCUT2D eigenvalue weighted by molar-refractivity contribution is -0.151. The van der Waals surface area contributed by atoms with Gasteiger partial charge in [-0.15, -0.1) is 0 Å². The largest absolute Gasteiger partial charge is 0.489 e. The molecule has 1 aliphatic heterocycles. The Bertz CT molecular complexity index is 660. The Labute approximate surface area is 142 Å². The van der Waals surface area contributed by atoms with Crippen LogP contribution in [0.5, 0.6) is 5.75 Å². The molecule has 2 aromatic rings. The zero-order valence-corrected chi connectivity index (χ0v) is 13.9. The first-order valence-electron chi connectivity index (χ1n) is 8.22. The summed E-state index contributed by atoms with van der Waals surface area (Å²) in [5.41, 5.74) is 1.96. The van der Waals surface area contributed by atoms with Crippen LogP contribution in [0.3, 0.4) is 0 Å². The Morgan fingerprint density at radius 2 is 1.79 bits per heavy atom. The van der Waals surface area contributed by atoms with Gasteiger partial charge in [0.25, 0.3) is 0 Å². The molecule has 0 amide bonds. The average molecular weight is 326 g/mol. The van der Waals surface area contributed by atoms with E-state index in [9.17, 15) is 4.79 Å². The summed E-state index contributed by atoms with van der Waals surface area (Å²) >= 11 is 0. The fourth-order valence-electron chi connectivity index (χ4n) is 2.85. The van der Waals surface area contributed by atoms with Crippen molar-refractivity contribution in [1.82, 2.24) is 0 Å². The molecule has 0 spiro atoms. The molecule has 126 valence electrons. The van der Waals surface area contributed by atoms with Crippen molar-refractivity contribution < 1.29 is 19.0 Å². The number of hydrogen-bond acceptors (Lipinski definition) is 4. The van der Waals surface area contributed by atoms with E-state index < -0.39 is 0 Å². The third-order valence-electron chi connectivity index (χ3n) is 4.26. The van der Waals surface area contributed by atoms with Crippen molar-refractivity contribution in [1.29, 1.82) is 0 Å². The molecule has 0 aromatic heterocycles. The lowest BCUT2D eigenvalue weighted by atomic mass is 9.76. The summed E-state index contributed by atoms with van der Waals surface area (Å²) in [5, 5.41) is 0. The molecule has 1 aliphatic rings. The zero-order chi connectivity index (χ0) is 16.8. The third-order valence-corrected chi connectivity index (χ3v) is 4.26. The third kappa shape index (κ3) is 3.77. The van der Waals surface area contributed by atoms with E-state index >= 15 is 0 Å². The van der Waals surface area contributed by atoms with Crippen molar-refractivity contribution >= 4 is 5.97 Å². The second kappa shape index (κ2) is 7.49. The molecular weight excluding hydrogens is 304 g/mol. The lowest BCUT2D eigenvalue weighted by Gasteiger charge is -2.41. The highest BCUT2D eigenvalue weighted by atomic mass is 16.5. The van der Waals surface area contributed by atoms with Gasteiger partial charge < -0.3 is 14.2 Å². The molecule has 0 N–H and O–H groups in total. The van der Waals surface area contributed by atoms with Gasteiger partial charge in [-0.2, -0.15) is 0 Å². The monoisotopic (exact) mass is 326 g/mol. The van der Waals surface area contributed by atoms with Crippen molar-refractivity contribution in [2.45, 2.75) is 25.4 Å². The maximum atomic E-state index is 11.8. The first-order valence-corrected chi connectivity index (χ1v) is 8.22. The van der Waals surface area contributed by atoms with E-state index in [1.807, 2.05) is 61.5 Å². The van der Waals surface area contributed by atoms with Gasteiger partial charge >= 0.3 is 5.97 Å². The first kappa shape index (κ1) is 16.5. The number of ether oxygens (including phenoxy) is 3. The number of hydrogen-bond donors (Lipinski definition) is 0. The molecule has 0 saturated carbocycles. The van der Waals surface area contributed by atoms with E-state index in [-0.39, 0.29) is 11.4 Å². The molecule has 0 radical (unpaired) electrons. The summed E-state index contributed by atoms with van der Waals surface area (Å²) in [6.45, 7) is 3.87. The molecule has 0 unspecified atom stereocenters. The van der Waals surface area contributed by atoms with Crippen molar-refractivity contribution in [3.05, 3.63) is 65.7 Å². The fourth-order valence-corrected chi connectivity index (χ4v) is 2.85. The Morgan fingerprint density at radius 3 is 2.38 bits per heavy atom. The topological polar surface area (TPSA) is 44.8 Å². The normalized spacial score (nSPS) is 15.4. The van der Waals surface area contributed by atoms with Gasteiger partial charge in [0, 0.05) is 0 Å². The molecule has 4 nitrogen and oxygen atoms in total. The van der Waals surface area contributed by atoms with E-state index in [4.69, 9.17) is 14.2 Å². The molecular formula is C20H22O4. The minimum atomic E-state index is -0.260. The van der Waals surface area contributed by atoms with E-state index in [1.54, 1.807) is 0 Å². The summed E-state index contributed by atoms with van der Waals surface area (Å²) < 4.78 is 16.3. The lowest BCUT2D eigenvalue weighted by Crippen LogP contribution is -2.48. The molecule has 0 atom stereocenters. The van der Waals surface area contributed by atoms with Gasteiger partial charge in [0.2, 0.25) is 0 Å². The van der Waals surface area contributed by atoms with Crippen LogP contribution in [-0.2, 0) is 26.3 Å².